The maximum atomic E-state index is 12.8. The van der Waals surface area contributed by atoms with Crippen molar-refractivity contribution in [2.24, 2.45) is 0 Å². The van der Waals surface area contributed by atoms with Crippen LogP contribution >= 0.6 is 0 Å². The third-order valence-corrected chi connectivity index (χ3v) is 11.7. The SMILES string of the molecule is COc1ccc(C2(c3ccc(OC(=O)OCOC(C)=O)c(CCc4ccc(Nc5ccc(C)cc5)cc4)c3)CCCCC2)cc1CCc1ccc(Nc2ccc(C)cc2)cc1. The molecule has 0 aliphatic heterocycles. The van der Waals surface area contributed by atoms with Gasteiger partial charge in [0.2, 0.25) is 6.79 Å². The van der Waals surface area contributed by atoms with E-state index in [-0.39, 0.29) is 5.41 Å². The molecule has 6 aromatic rings. The standard InChI is InChI=1S/C53H56N2O6/c1-37-8-22-46(23-9-37)54-48-26-14-40(15-27-48)12-18-42-34-44(20-30-50(42)58-4)53(32-6-5-7-33-53)45-21-31-51(61-52(57)60-36-59-39(3)56)43(35-45)19-13-41-16-28-49(29-17-41)55-47-24-10-38(2)11-25-47/h8-11,14-17,20-31,34-35,54-55H,5-7,12-13,18-19,32-33,36H2,1-4H3. The van der Waals surface area contributed by atoms with Crippen molar-refractivity contribution in [1.29, 1.82) is 0 Å². The van der Waals surface area contributed by atoms with E-state index in [0.717, 1.165) is 84.6 Å². The minimum Gasteiger partial charge on any atom is -0.496 e. The number of nitrogens with one attached hydrogen (secondary N) is 2. The number of carbonyl (C=O) groups excluding carboxylic acids is 2. The Balaban J connectivity index is 1.12. The number of rotatable bonds is 16. The zero-order valence-corrected chi connectivity index (χ0v) is 35.7. The van der Waals surface area contributed by atoms with Gasteiger partial charge in [0, 0.05) is 35.1 Å². The Bertz CT molecular complexity index is 2380. The first kappa shape index (κ1) is 42.6. The lowest BCUT2D eigenvalue weighted by Gasteiger charge is -2.39. The minimum atomic E-state index is -0.925. The van der Waals surface area contributed by atoms with Crippen molar-refractivity contribution in [3.8, 4) is 11.5 Å². The fraction of sp³-hybridized carbons (Fsp3) is 0.283. The fourth-order valence-corrected chi connectivity index (χ4v) is 8.30. The van der Waals surface area contributed by atoms with Gasteiger partial charge in [-0.25, -0.2) is 4.79 Å². The highest BCUT2D eigenvalue weighted by molar-refractivity contribution is 5.67. The van der Waals surface area contributed by atoms with E-state index in [9.17, 15) is 9.59 Å². The van der Waals surface area contributed by atoms with E-state index in [0.29, 0.717) is 12.2 Å². The molecule has 0 spiro atoms. The fourth-order valence-electron chi connectivity index (χ4n) is 8.30. The molecule has 61 heavy (non-hydrogen) atoms. The van der Waals surface area contributed by atoms with Crippen LogP contribution in [0.3, 0.4) is 0 Å². The summed E-state index contributed by atoms with van der Waals surface area (Å²) in [4.78, 5) is 24.1. The number of anilines is 4. The number of benzene rings is 6. The van der Waals surface area contributed by atoms with E-state index in [2.05, 4.69) is 152 Å². The van der Waals surface area contributed by atoms with Gasteiger partial charge in [-0.15, -0.1) is 0 Å². The molecule has 0 radical (unpaired) electrons. The molecule has 0 bridgehead atoms. The van der Waals surface area contributed by atoms with Crippen LogP contribution < -0.4 is 20.1 Å². The predicted molar refractivity (Wildman–Crippen MR) is 244 cm³/mol. The molecule has 0 saturated heterocycles. The summed E-state index contributed by atoms with van der Waals surface area (Å²) in [6, 6.07) is 46.8. The van der Waals surface area contributed by atoms with Gasteiger partial charge in [0.25, 0.3) is 0 Å². The summed E-state index contributed by atoms with van der Waals surface area (Å²) in [6.07, 6.45) is 7.59. The summed E-state index contributed by atoms with van der Waals surface area (Å²) in [7, 11) is 1.75. The van der Waals surface area contributed by atoms with Gasteiger partial charge in [0.15, 0.2) is 0 Å². The van der Waals surface area contributed by atoms with Crippen LogP contribution in [0.2, 0.25) is 0 Å². The highest BCUT2D eigenvalue weighted by Crippen LogP contribution is 2.47. The van der Waals surface area contributed by atoms with Gasteiger partial charge in [-0.2, -0.15) is 0 Å². The summed E-state index contributed by atoms with van der Waals surface area (Å²) >= 11 is 0. The molecule has 0 atom stereocenters. The van der Waals surface area contributed by atoms with Gasteiger partial charge in [-0.1, -0.05) is 103 Å². The Morgan fingerprint density at radius 3 is 1.44 bits per heavy atom. The molecule has 8 heteroatoms. The highest BCUT2D eigenvalue weighted by atomic mass is 16.8. The van der Waals surface area contributed by atoms with Crippen LogP contribution in [0.4, 0.5) is 27.5 Å². The second-order valence-electron chi connectivity index (χ2n) is 16.1. The quantitative estimate of drug-likeness (QED) is 0.0566. The Hall–Kier alpha value is -6.54. The van der Waals surface area contributed by atoms with Crippen LogP contribution in [0.15, 0.2) is 133 Å². The molecule has 1 fully saturated rings. The lowest BCUT2D eigenvalue weighted by Crippen LogP contribution is -2.31. The molecule has 314 valence electrons. The molecule has 1 aliphatic carbocycles. The van der Waals surface area contributed by atoms with Crippen molar-refractivity contribution in [2.75, 3.05) is 24.5 Å². The van der Waals surface area contributed by atoms with E-state index in [4.69, 9.17) is 18.9 Å². The maximum Gasteiger partial charge on any atom is 0.516 e. The van der Waals surface area contributed by atoms with Crippen LogP contribution in [-0.2, 0) is 45.4 Å². The highest BCUT2D eigenvalue weighted by Gasteiger charge is 2.37. The zero-order chi connectivity index (χ0) is 42.6. The summed E-state index contributed by atoms with van der Waals surface area (Å²) in [6.45, 7) is 4.92. The summed E-state index contributed by atoms with van der Waals surface area (Å²) in [5.74, 6) is 0.776. The van der Waals surface area contributed by atoms with Crippen molar-refractivity contribution in [1.82, 2.24) is 0 Å². The molecule has 1 aliphatic rings. The largest absolute Gasteiger partial charge is 0.516 e. The first-order valence-electron chi connectivity index (χ1n) is 21.3. The number of aryl methyl sites for hydroxylation is 6. The normalized spacial score (nSPS) is 13.2. The molecular formula is C53H56N2O6. The van der Waals surface area contributed by atoms with Gasteiger partial charge in [-0.05, 0) is 146 Å². The number of hydrogen-bond acceptors (Lipinski definition) is 8. The monoisotopic (exact) mass is 816 g/mol. The second-order valence-corrected chi connectivity index (χ2v) is 16.1. The van der Waals surface area contributed by atoms with E-state index in [1.807, 2.05) is 6.07 Å². The van der Waals surface area contributed by atoms with Crippen molar-refractivity contribution in [3.05, 3.63) is 178 Å². The van der Waals surface area contributed by atoms with Crippen molar-refractivity contribution in [2.45, 2.75) is 84.0 Å². The molecule has 8 nitrogen and oxygen atoms in total. The van der Waals surface area contributed by atoms with E-state index < -0.39 is 18.9 Å². The van der Waals surface area contributed by atoms with Gasteiger partial charge >= 0.3 is 12.1 Å². The third kappa shape index (κ3) is 11.4. The molecule has 0 aromatic heterocycles. The minimum absolute atomic E-state index is 0.227. The molecule has 0 amide bonds. The number of esters is 1. The topological polar surface area (TPSA) is 95.1 Å². The summed E-state index contributed by atoms with van der Waals surface area (Å²) in [5.41, 5.74) is 13.4. The first-order valence-corrected chi connectivity index (χ1v) is 21.3. The lowest BCUT2D eigenvalue weighted by molar-refractivity contribution is -0.149. The smallest absolute Gasteiger partial charge is 0.496 e. The molecular weight excluding hydrogens is 761 g/mol. The second kappa shape index (κ2) is 20.1. The molecule has 0 unspecified atom stereocenters. The van der Waals surface area contributed by atoms with Crippen LogP contribution in [0.1, 0.15) is 83.5 Å². The molecule has 6 aromatic carbocycles. The van der Waals surface area contributed by atoms with E-state index in [1.54, 1.807) is 7.11 Å². The van der Waals surface area contributed by atoms with Gasteiger partial charge in [0.1, 0.15) is 11.5 Å². The van der Waals surface area contributed by atoms with Crippen LogP contribution in [-0.4, -0.2) is 26.0 Å². The maximum absolute atomic E-state index is 12.8. The van der Waals surface area contributed by atoms with E-state index >= 15 is 0 Å². The summed E-state index contributed by atoms with van der Waals surface area (Å²) in [5, 5.41) is 6.97. The zero-order valence-electron chi connectivity index (χ0n) is 35.7. The average Bonchev–Trinajstić information content (AvgIpc) is 3.28. The Morgan fingerprint density at radius 1 is 0.541 bits per heavy atom. The van der Waals surface area contributed by atoms with Crippen molar-refractivity contribution < 1.29 is 28.5 Å². The van der Waals surface area contributed by atoms with Gasteiger partial charge in [0.05, 0.1) is 7.11 Å². The third-order valence-electron chi connectivity index (χ3n) is 11.7. The first-order chi connectivity index (χ1) is 29.7. The summed E-state index contributed by atoms with van der Waals surface area (Å²) < 4.78 is 21.6. The number of methoxy groups -OCH3 is 1. The van der Waals surface area contributed by atoms with Crippen molar-refractivity contribution in [3.63, 3.8) is 0 Å². The predicted octanol–water partition coefficient (Wildman–Crippen LogP) is 12.7. The van der Waals surface area contributed by atoms with Gasteiger partial charge < -0.3 is 29.6 Å². The Kier molecular flexibility index (Phi) is 14.1. The Morgan fingerprint density at radius 2 is 0.984 bits per heavy atom. The van der Waals surface area contributed by atoms with E-state index in [1.165, 1.54) is 46.7 Å². The number of ether oxygens (including phenoxy) is 4. The molecule has 2 N–H and O–H groups in total. The van der Waals surface area contributed by atoms with Crippen LogP contribution in [0.25, 0.3) is 0 Å². The average molecular weight is 817 g/mol. The van der Waals surface area contributed by atoms with Gasteiger partial charge in [-0.3, -0.25) is 4.79 Å². The lowest BCUT2D eigenvalue weighted by atomic mass is 9.64. The molecule has 7 rings (SSSR count). The molecule has 1 saturated carbocycles. The Labute approximate surface area is 360 Å². The number of hydrogen-bond donors (Lipinski definition) is 2. The number of carbonyl (C=O) groups is 2. The van der Waals surface area contributed by atoms with Crippen molar-refractivity contribution >= 4 is 34.9 Å². The molecule has 0 heterocycles. The van der Waals surface area contributed by atoms with Crippen LogP contribution in [0.5, 0.6) is 11.5 Å². The van der Waals surface area contributed by atoms with Crippen LogP contribution in [0, 0.1) is 13.8 Å².